The van der Waals surface area contributed by atoms with E-state index in [4.69, 9.17) is 11.0 Å². The van der Waals surface area contributed by atoms with Crippen LogP contribution in [0.15, 0.2) is 30.6 Å². The van der Waals surface area contributed by atoms with Gasteiger partial charge in [-0.05, 0) is 36.6 Å². The van der Waals surface area contributed by atoms with E-state index in [0.717, 1.165) is 38.0 Å². The summed E-state index contributed by atoms with van der Waals surface area (Å²) in [5.41, 5.74) is 7.29. The molecule has 2 N–H and O–H groups in total. The van der Waals surface area contributed by atoms with Gasteiger partial charge in [-0.3, -0.25) is 9.58 Å². The second-order valence-corrected chi connectivity index (χ2v) is 5.39. The first-order valence-electron chi connectivity index (χ1n) is 7.12. The van der Waals surface area contributed by atoms with Gasteiger partial charge in [0.15, 0.2) is 0 Å². The van der Waals surface area contributed by atoms with Gasteiger partial charge in [0.25, 0.3) is 0 Å². The van der Waals surface area contributed by atoms with Crippen molar-refractivity contribution in [2.45, 2.75) is 25.4 Å². The van der Waals surface area contributed by atoms with E-state index >= 15 is 0 Å². The van der Waals surface area contributed by atoms with Crippen LogP contribution in [0.3, 0.4) is 0 Å². The lowest BCUT2D eigenvalue weighted by molar-refractivity contribution is 0.173. The summed E-state index contributed by atoms with van der Waals surface area (Å²) < 4.78 is 1.98. The number of anilines is 1. The van der Waals surface area contributed by atoms with Gasteiger partial charge in [0.05, 0.1) is 6.04 Å². The number of hydrogen-bond acceptors (Lipinski definition) is 5. The van der Waals surface area contributed by atoms with Crippen molar-refractivity contribution < 1.29 is 0 Å². The van der Waals surface area contributed by atoms with Gasteiger partial charge in [0.1, 0.15) is 17.6 Å². The predicted octanol–water partition coefficient (Wildman–Crippen LogP) is 1.57. The van der Waals surface area contributed by atoms with Crippen LogP contribution in [0.1, 0.15) is 30.1 Å². The molecule has 0 spiro atoms. The predicted molar refractivity (Wildman–Crippen MR) is 79.1 cm³/mol. The minimum atomic E-state index is 0.436. The number of nitrogen functional groups attached to an aromatic ring is 1. The second-order valence-electron chi connectivity index (χ2n) is 5.39. The van der Waals surface area contributed by atoms with E-state index in [9.17, 15) is 0 Å². The van der Waals surface area contributed by atoms with E-state index in [2.05, 4.69) is 21.1 Å². The molecule has 0 aliphatic carbocycles. The van der Waals surface area contributed by atoms with Crippen LogP contribution in [0.4, 0.5) is 5.82 Å². The van der Waals surface area contributed by atoms with Crippen molar-refractivity contribution in [3.05, 3.63) is 41.9 Å². The maximum atomic E-state index is 8.88. The molecule has 21 heavy (non-hydrogen) atoms. The molecule has 1 fully saturated rings. The zero-order chi connectivity index (χ0) is 14.7. The molecule has 1 aliphatic heterocycles. The van der Waals surface area contributed by atoms with Gasteiger partial charge in [-0.2, -0.15) is 10.4 Å². The van der Waals surface area contributed by atoms with Crippen LogP contribution in [0, 0.1) is 11.3 Å². The van der Waals surface area contributed by atoms with Crippen molar-refractivity contribution in [2.24, 2.45) is 0 Å². The highest BCUT2D eigenvalue weighted by Gasteiger charge is 2.21. The lowest BCUT2D eigenvalue weighted by atomic mass is 10.0. The minimum absolute atomic E-state index is 0.436. The number of nitriles is 1. The molecule has 0 amide bonds. The number of pyridine rings is 1. The van der Waals surface area contributed by atoms with Crippen molar-refractivity contribution in [1.29, 1.82) is 5.26 Å². The van der Waals surface area contributed by atoms with E-state index in [1.165, 1.54) is 0 Å². The van der Waals surface area contributed by atoms with E-state index in [0.29, 0.717) is 17.6 Å². The van der Waals surface area contributed by atoms with Crippen LogP contribution >= 0.6 is 0 Å². The summed E-state index contributed by atoms with van der Waals surface area (Å²) in [5, 5.41) is 13.2. The molecular formula is C15H18N6. The van der Waals surface area contributed by atoms with Crippen molar-refractivity contribution in [3.8, 4) is 6.07 Å². The molecule has 3 heterocycles. The minimum Gasteiger partial charge on any atom is -0.382 e. The molecule has 1 aliphatic rings. The SMILES string of the molecule is N#Cc1cc(CN2CCC(n3ccc(N)n3)CC2)ccn1. The molecule has 2 aromatic rings. The number of likely N-dealkylation sites (tertiary alicyclic amines) is 1. The van der Waals surface area contributed by atoms with Crippen LogP contribution in [-0.4, -0.2) is 32.8 Å². The molecule has 0 aromatic carbocycles. The van der Waals surface area contributed by atoms with Gasteiger partial charge in [-0.25, -0.2) is 4.98 Å². The average molecular weight is 282 g/mol. The summed E-state index contributed by atoms with van der Waals surface area (Å²) in [5.74, 6) is 0.582. The normalized spacial score (nSPS) is 16.7. The van der Waals surface area contributed by atoms with Crippen LogP contribution in [0.2, 0.25) is 0 Å². The Kier molecular flexibility index (Phi) is 3.84. The van der Waals surface area contributed by atoms with Gasteiger partial charge < -0.3 is 5.73 Å². The molecule has 0 unspecified atom stereocenters. The van der Waals surface area contributed by atoms with E-state index in [-0.39, 0.29) is 0 Å². The Morgan fingerprint density at radius 2 is 2.14 bits per heavy atom. The van der Waals surface area contributed by atoms with E-state index in [1.54, 1.807) is 6.20 Å². The van der Waals surface area contributed by atoms with Gasteiger partial charge in [0.2, 0.25) is 0 Å². The van der Waals surface area contributed by atoms with E-state index < -0.39 is 0 Å². The summed E-state index contributed by atoms with van der Waals surface area (Å²) in [6, 6.07) is 8.19. The van der Waals surface area contributed by atoms with E-state index in [1.807, 2.05) is 29.1 Å². The van der Waals surface area contributed by atoms with Gasteiger partial charge >= 0.3 is 0 Å². The fourth-order valence-corrected chi connectivity index (χ4v) is 2.79. The van der Waals surface area contributed by atoms with Crippen molar-refractivity contribution in [2.75, 3.05) is 18.8 Å². The molecule has 6 heteroatoms. The first-order chi connectivity index (χ1) is 10.2. The van der Waals surface area contributed by atoms with Crippen LogP contribution in [0.5, 0.6) is 0 Å². The van der Waals surface area contributed by atoms with Crippen molar-refractivity contribution in [3.63, 3.8) is 0 Å². The first-order valence-corrected chi connectivity index (χ1v) is 7.12. The molecule has 3 rings (SSSR count). The molecule has 0 saturated carbocycles. The first kappa shape index (κ1) is 13.6. The number of nitrogens with two attached hydrogens (primary N) is 1. The smallest absolute Gasteiger partial charge is 0.145 e. The standard InChI is InChI=1S/C15H18N6/c16-10-13-9-12(1-5-18-13)11-20-6-2-14(3-7-20)21-8-4-15(17)19-21/h1,4-5,8-9,14H,2-3,6-7,11H2,(H2,17,19). The van der Waals surface area contributed by atoms with Gasteiger partial charge in [0, 0.05) is 32.0 Å². The molecule has 6 nitrogen and oxygen atoms in total. The number of aromatic nitrogens is 3. The summed E-state index contributed by atoms with van der Waals surface area (Å²) >= 11 is 0. The van der Waals surface area contributed by atoms with Gasteiger partial charge in [-0.1, -0.05) is 0 Å². The second kappa shape index (κ2) is 5.94. The summed E-state index contributed by atoms with van der Waals surface area (Å²) in [7, 11) is 0. The topological polar surface area (TPSA) is 83.8 Å². The molecule has 0 atom stereocenters. The monoisotopic (exact) mass is 282 g/mol. The third-order valence-corrected chi connectivity index (χ3v) is 3.91. The Morgan fingerprint density at radius 3 is 2.81 bits per heavy atom. The maximum Gasteiger partial charge on any atom is 0.145 e. The summed E-state index contributed by atoms with van der Waals surface area (Å²) in [6.07, 6.45) is 5.79. The highest BCUT2D eigenvalue weighted by Crippen LogP contribution is 2.23. The number of rotatable bonds is 3. The Labute approximate surface area is 123 Å². The quantitative estimate of drug-likeness (QED) is 0.923. The highest BCUT2D eigenvalue weighted by atomic mass is 15.3. The molecular weight excluding hydrogens is 264 g/mol. The van der Waals surface area contributed by atoms with Crippen LogP contribution in [0.25, 0.3) is 0 Å². The van der Waals surface area contributed by atoms with Crippen LogP contribution in [-0.2, 0) is 6.54 Å². The highest BCUT2D eigenvalue weighted by molar-refractivity contribution is 5.25. The lowest BCUT2D eigenvalue weighted by Crippen LogP contribution is -2.34. The molecule has 2 aromatic heterocycles. The zero-order valence-electron chi connectivity index (χ0n) is 11.8. The molecule has 108 valence electrons. The lowest BCUT2D eigenvalue weighted by Gasteiger charge is -2.32. The Hall–Kier alpha value is -2.39. The largest absolute Gasteiger partial charge is 0.382 e. The number of hydrogen-bond donors (Lipinski definition) is 1. The van der Waals surface area contributed by atoms with Crippen LogP contribution < -0.4 is 5.73 Å². The number of nitrogens with zero attached hydrogens (tertiary/aromatic N) is 5. The molecule has 1 saturated heterocycles. The van der Waals surface area contributed by atoms with Crippen molar-refractivity contribution >= 4 is 5.82 Å². The fraction of sp³-hybridized carbons (Fsp3) is 0.400. The third-order valence-electron chi connectivity index (χ3n) is 3.91. The fourth-order valence-electron chi connectivity index (χ4n) is 2.79. The number of piperidine rings is 1. The Bertz CT molecular complexity index is 648. The molecule has 0 bridgehead atoms. The van der Waals surface area contributed by atoms with Crippen molar-refractivity contribution in [1.82, 2.24) is 19.7 Å². The summed E-state index contributed by atoms with van der Waals surface area (Å²) in [6.45, 7) is 2.91. The molecule has 0 radical (unpaired) electrons. The average Bonchev–Trinajstić information content (AvgIpc) is 2.95. The Balaban J connectivity index is 1.57. The Morgan fingerprint density at radius 1 is 1.33 bits per heavy atom. The van der Waals surface area contributed by atoms with Gasteiger partial charge in [-0.15, -0.1) is 0 Å². The summed E-state index contributed by atoms with van der Waals surface area (Å²) in [4.78, 5) is 6.40. The zero-order valence-corrected chi connectivity index (χ0v) is 11.8. The third kappa shape index (κ3) is 3.20. The maximum absolute atomic E-state index is 8.88.